The van der Waals surface area contributed by atoms with E-state index in [0.717, 1.165) is 0 Å². The number of halogens is 1. The third-order valence-electron chi connectivity index (χ3n) is 2.03. The molecule has 17 heavy (non-hydrogen) atoms. The van der Waals surface area contributed by atoms with Crippen molar-refractivity contribution < 1.29 is 14.5 Å². The van der Waals surface area contributed by atoms with E-state index in [0.29, 0.717) is 5.56 Å². The summed E-state index contributed by atoms with van der Waals surface area (Å²) in [4.78, 5) is 21.9. The average molecular weight is 300 g/mol. The topological polar surface area (TPSA) is 69.4 Å². The molecule has 0 unspecified atom stereocenters. The molecular weight excluding hydrogens is 290 g/mol. The van der Waals surface area contributed by atoms with Crippen LogP contribution in [0, 0.1) is 10.1 Å². The number of hydrogen-bond donors (Lipinski definition) is 0. The molecule has 0 fully saturated rings. The Hall–Kier alpha value is -1.69. The van der Waals surface area contributed by atoms with Crippen molar-refractivity contribution in [2.75, 3.05) is 6.61 Å². The third kappa shape index (κ3) is 3.13. The minimum atomic E-state index is -0.594. The van der Waals surface area contributed by atoms with Crippen LogP contribution in [0.3, 0.4) is 0 Å². The molecule has 0 amide bonds. The first kappa shape index (κ1) is 13.4. The number of rotatable bonds is 5. The van der Waals surface area contributed by atoms with Crippen molar-refractivity contribution in [2.45, 2.75) is 5.33 Å². The van der Waals surface area contributed by atoms with Gasteiger partial charge in [0, 0.05) is 11.4 Å². The molecule has 0 aliphatic heterocycles. The van der Waals surface area contributed by atoms with Crippen LogP contribution in [0.25, 0.3) is 0 Å². The molecule has 6 heteroatoms. The minimum Gasteiger partial charge on any atom is -0.458 e. The predicted octanol–water partition coefficient (Wildman–Crippen LogP) is 2.83. The van der Waals surface area contributed by atoms with Gasteiger partial charge < -0.3 is 4.74 Å². The average Bonchev–Trinajstić information content (AvgIpc) is 2.34. The van der Waals surface area contributed by atoms with Gasteiger partial charge in [-0.2, -0.15) is 0 Å². The lowest BCUT2D eigenvalue weighted by molar-refractivity contribution is -0.385. The highest BCUT2D eigenvalue weighted by molar-refractivity contribution is 9.08. The summed E-state index contributed by atoms with van der Waals surface area (Å²) in [6, 6.07) is 4.30. The summed E-state index contributed by atoms with van der Waals surface area (Å²) in [5.41, 5.74) is 0.402. The van der Waals surface area contributed by atoms with Gasteiger partial charge in [0.05, 0.1) is 16.1 Å². The molecule has 0 heterocycles. The zero-order valence-electron chi connectivity index (χ0n) is 8.89. The number of esters is 1. The fourth-order valence-corrected chi connectivity index (χ4v) is 1.88. The predicted molar refractivity (Wildman–Crippen MR) is 66.2 cm³/mol. The van der Waals surface area contributed by atoms with Crippen molar-refractivity contribution in [3.8, 4) is 0 Å². The Morgan fingerprint density at radius 2 is 2.29 bits per heavy atom. The van der Waals surface area contributed by atoms with Gasteiger partial charge in [-0.1, -0.05) is 34.7 Å². The lowest BCUT2D eigenvalue weighted by Crippen LogP contribution is -2.09. The van der Waals surface area contributed by atoms with Crippen LogP contribution in [-0.2, 0) is 10.1 Å². The fourth-order valence-electron chi connectivity index (χ4n) is 1.29. The first-order valence-corrected chi connectivity index (χ1v) is 5.84. The van der Waals surface area contributed by atoms with E-state index in [4.69, 9.17) is 4.74 Å². The second-order valence-electron chi connectivity index (χ2n) is 3.08. The number of nitrogens with zero attached hydrogens (tertiary/aromatic N) is 1. The number of carbonyl (C=O) groups is 1. The maximum atomic E-state index is 11.6. The Morgan fingerprint density at radius 3 is 2.82 bits per heavy atom. The number of nitro groups is 1. The summed E-state index contributed by atoms with van der Waals surface area (Å²) in [6.07, 6.45) is 1.43. The maximum Gasteiger partial charge on any atom is 0.339 e. The van der Waals surface area contributed by atoms with Crippen molar-refractivity contribution in [3.05, 3.63) is 52.1 Å². The Balaban J connectivity index is 3.15. The van der Waals surface area contributed by atoms with Crippen LogP contribution in [0.4, 0.5) is 5.69 Å². The monoisotopic (exact) mass is 299 g/mol. The summed E-state index contributed by atoms with van der Waals surface area (Å²) >= 11 is 3.13. The zero-order valence-corrected chi connectivity index (χ0v) is 10.5. The van der Waals surface area contributed by atoms with Crippen LogP contribution >= 0.6 is 15.9 Å². The maximum absolute atomic E-state index is 11.6. The van der Waals surface area contributed by atoms with Gasteiger partial charge in [-0.25, -0.2) is 4.79 Å². The van der Waals surface area contributed by atoms with Crippen molar-refractivity contribution in [2.24, 2.45) is 0 Å². The van der Waals surface area contributed by atoms with E-state index in [1.54, 1.807) is 0 Å². The SMILES string of the molecule is C=CCOC(=O)c1cccc([N+](=O)[O-])c1CBr. The number of hydrogen-bond acceptors (Lipinski definition) is 4. The van der Waals surface area contributed by atoms with Gasteiger partial charge in [-0.05, 0) is 6.07 Å². The Morgan fingerprint density at radius 1 is 1.59 bits per heavy atom. The molecule has 0 atom stereocenters. The van der Waals surface area contributed by atoms with Gasteiger partial charge in [0.2, 0.25) is 0 Å². The van der Waals surface area contributed by atoms with Crippen LogP contribution in [0.15, 0.2) is 30.9 Å². The normalized spacial score (nSPS) is 9.71. The Bertz CT molecular complexity index is 459. The van der Waals surface area contributed by atoms with Crippen molar-refractivity contribution >= 4 is 27.6 Å². The summed E-state index contributed by atoms with van der Waals surface area (Å²) in [5.74, 6) is -0.594. The van der Waals surface area contributed by atoms with Crippen molar-refractivity contribution in [1.29, 1.82) is 0 Å². The Labute approximate surface area is 106 Å². The highest BCUT2D eigenvalue weighted by Gasteiger charge is 2.21. The molecule has 0 saturated carbocycles. The minimum absolute atomic E-state index is 0.0727. The molecule has 0 bridgehead atoms. The second kappa shape index (κ2) is 6.15. The summed E-state index contributed by atoms with van der Waals surface area (Å²) in [7, 11) is 0. The highest BCUT2D eigenvalue weighted by atomic mass is 79.9. The van der Waals surface area contributed by atoms with Crippen LogP contribution in [0.5, 0.6) is 0 Å². The first-order chi connectivity index (χ1) is 8.11. The van der Waals surface area contributed by atoms with Gasteiger partial charge in [0.1, 0.15) is 6.61 Å². The molecule has 1 aromatic rings. The molecule has 0 N–H and O–H groups in total. The van der Waals surface area contributed by atoms with E-state index in [9.17, 15) is 14.9 Å². The fraction of sp³-hybridized carbons (Fsp3) is 0.182. The van der Waals surface area contributed by atoms with E-state index < -0.39 is 10.9 Å². The second-order valence-corrected chi connectivity index (χ2v) is 3.64. The molecule has 90 valence electrons. The number of benzene rings is 1. The third-order valence-corrected chi connectivity index (χ3v) is 2.59. The van der Waals surface area contributed by atoms with E-state index in [2.05, 4.69) is 22.5 Å². The molecule has 1 aromatic carbocycles. The summed E-state index contributed by atoms with van der Waals surface area (Å²) in [5, 5.41) is 11.0. The lowest BCUT2D eigenvalue weighted by Gasteiger charge is -2.06. The van der Waals surface area contributed by atoms with Gasteiger partial charge >= 0.3 is 5.97 Å². The molecule has 0 aromatic heterocycles. The number of carbonyl (C=O) groups excluding carboxylic acids is 1. The number of alkyl halides is 1. The number of ether oxygens (including phenoxy) is 1. The van der Waals surface area contributed by atoms with Crippen molar-refractivity contribution in [1.82, 2.24) is 0 Å². The summed E-state index contributed by atoms with van der Waals surface area (Å²) < 4.78 is 4.85. The van der Waals surface area contributed by atoms with Crippen LogP contribution < -0.4 is 0 Å². The van der Waals surface area contributed by atoms with Gasteiger partial charge in [0.25, 0.3) is 5.69 Å². The zero-order chi connectivity index (χ0) is 12.8. The molecule has 5 nitrogen and oxygen atoms in total. The highest BCUT2D eigenvalue weighted by Crippen LogP contribution is 2.25. The molecule has 0 aliphatic carbocycles. The summed E-state index contributed by atoms with van der Waals surface area (Å²) in [6.45, 7) is 3.49. The van der Waals surface area contributed by atoms with Crippen LogP contribution in [0.1, 0.15) is 15.9 Å². The van der Waals surface area contributed by atoms with Crippen LogP contribution in [0.2, 0.25) is 0 Å². The molecule has 1 rings (SSSR count). The quantitative estimate of drug-likeness (QED) is 0.276. The van der Waals surface area contributed by atoms with Gasteiger partial charge in [0.15, 0.2) is 0 Å². The number of nitro benzene ring substituents is 1. The van der Waals surface area contributed by atoms with Crippen LogP contribution in [-0.4, -0.2) is 17.5 Å². The lowest BCUT2D eigenvalue weighted by atomic mass is 10.1. The van der Waals surface area contributed by atoms with E-state index in [1.165, 1.54) is 24.3 Å². The molecular formula is C11H10BrNO4. The smallest absolute Gasteiger partial charge is 0.339 e. The van der Waals surface area contributed by atoms with E-state index in [-0.39, 0.29) is 23.2 Å². The first-order valence-electron chi connectivity index (χ1n) is 4.72. The molecule has 0 radical (unpaired) electrons. The molecule has 0 spiro atoms. The standard InChI is InChI=1S/C11H10BrNO4/c1-2-6-17-11(14)8-4-3-5-10(13(15)16)9(8)7-12/h2-5H,1,6-7H2. The van der Waals surface area contributed by atoms with Gasteiger partial charge in [-0.15, -0.1) is 0 Å². The van der Waals surface area contributed by atoms with E-state index >= 15 is 0 Å². The Kier molecular flexibility index (Phi) is 4.84. The molecule has 0 saturated heterocycles. The largest absolute Gasteiger partial charge is 0.458 e. The van der Waals surface area contributed by atoms with Gasteiger partial charge in [-0.3, -0.25) is 10.1 Å². The molecule has 0 aliphatic rings. The van der Waals surface area contributed by atoms with Crippen molar-refractivity contribution in [3.63, 3.8) is 0 Å². The van der Waals surface area contributed by atoms with E-state index in [1.807, 2.05) is 0 Å².